The van der Waals surface area contributed by atoms with E-state index in [9.17, 15) is 9.90 Å². The van der Waals surface area contributed by atoms with E-state index in [0.29, 0.717) is 13.1 Å². The first-order chi connectivity index (χ1) is 6.65. The Morgan fingerprint density at radius 1 is 1.79 bits per heavy atom. The topological polar surface area (TPSA) is 64.6 Å². The zero-order chi connectivity index (χ0) is 10.6. The lowest BCUT2D eigenvalue weighted by molar-refractivity contribution is -0.127. The molecule has 1 rings (SSSR count). The maximum Gasteiger partial charge on any atom is 0.238 e. The summed E-state index contributed by atoms with van der Waals surface area (Å²) < 4.78 is 0. The average molecular weight is 201 g/mol. The largest absolute Gasteiger partial charge is 0.392 e. The van der Waals surface area contributed by atoms with Gasteiger partial charge in [0.2, 0.25) is 5.91 Å². The summed E-state index contributed by atoms with van der Waals surface area (Å²) in [6.07, 6.45) is -0.389. The SMILES string of the molecule is CNC(=O)C1CNCCN1C[C@H](C)O. The number of aliphatic hydroxyl groups is 1. The van der Waals surface area contributed by atoms with Gasteiger partial charge < -0.3 is 15.7 Å². The van der Waals surface area contributed by atoms with Gasteiger partial charge in [-0.05, 0) is 6.92 Å². The van der Waals surface area contributed by atoms with Crippen LogP contribution in [0, 0.1) is 0 Å². The van der Waals surface area contributed by atoms with E-state index in [-0.39, 0.29) is 18.1 Å². The van der Waals surface area contributed by atoms with Gasteiger partial charge in [-0.25, -0.2) is 0 Å². The first kappa shape index (κ1) is 11.4. The molecule has 1 saturated heterocycles. The summed E-state index contributed by atoms with van der Waals surface area (Å²) in [5, 5.41) is 15.1. The molecule has 1 heterocycles. The second kappa shape index (κ2) is 5.29. The Kier molecular flexibility index (Phi) is 4.31. The third-order valence-electron chi connectivity index (χ3n) is 2.40. The van der Waals surface area contributed by atoms with Gasteiger partial charge in [-0.2, -0.15) is 0 Å². The Hall–Kier alpha value is -0.650. The molecule has 1 aliphatic rings. The maximum absolute atomic E-state index is 11.5. The lowest BCUT2D eigenvalue weighted by Crippen LogP contribution is -2.58. The van der Waals surface area contributed by atoms with E-state index >= 15 is 0 Å². The standard InChI is InChI=1S/C9H19N3O2/c1-7(13)6-12-4-3-11-5-8(12)9(14)10-2/h7-8,11,13H,3-6H2,1-2H3,(H,10,14)/t7-,8?/m0/s1. The van der Waals surface area contributed by atoms with Gasteiger partial charge in [0.1, 0.15) is 6.04 Å². The van der Waals surface area contributed by atoms with Crippen molar-refractivity contribution in [3.8, 4) is 0 Å². The number of rotatable bonds is 3. The highest BCUT2D eigenvalue weighted by Gasteiger charge is 2.28. The molecule has 0 saturated carbocycles. The van der Waals surface area contributed by atoms with Gasteiger partial charge in [0.05, 0.1) is 6.10 Å². The first-order valence-electron chi connectivity index (χ1n) is 4.99. The second-order valence-electron chi connectivity index (χ2n) is 3.68. The number of nitrogens with one attached hydrogen (secondary N) is 2. The van der Waals surface area contributed by atoms with Crippen molar-refractivity contribution in [2.75, 3.05) is 33.2 Å². The third kappa shape index (κ3) is 2.94. The lowest BCUT2D eigenvalue weighted by atomic mass is 10.1. The molecule has 0 aromatic heterocycles. The Balaban J connectivity index is 2.54. The fraction of sp³-hybridized carbons (Fsp3) is 0.889. The molecular weight excluding hydrogens is 182 g/mol. The molecule has 0 aromatic carbocycles. The molecule has 1 fully saturated rings. The number of hydrogen-bond donors (Lipinski definition) is 3. The van der Waals surface area contributed by atoms with Crippen LogP contribution in [0.1, 0.15) is 6.92 Å². The van der Waals surface area contributed by atoms with Crippen molar-refractivity contribution in [2.45, 2.75) is 19.1 Å². The van der Waals surface area contributed by atoms with E-state index in [0.717, 1.165) is 13.1 Å². The summed E-state index contributed by atoms with van der Waals surface area (Å²) in [6.45, 7) is 4.64. The normalized spacial score (nSPS) is 25.8. The molecule has 0 aliphatic carbocycles. The van der Waals surface area contributed by atoms with Gasteiger partial charge in [0, 0.05) is 33.2 Å². The minimum absolute atomic E-state index is 0.0119. The highest BCUT2D eigenvalue weighted by atomic mass is 16.3. The lowest BCUT2D eigenvalue weighted by Gasteiger charge is -2.35. The predicted molar refractivity (Wildman–Crippen MR) is 54.0 cm³/mol. The molecule has 0 aromatic rings. The molecule has 0 bridgehead atoms. The summed E-state index contributed by atoms with van der Waals surface area (Å²) in [4.78, 5) is 13.5. The molecule has 3 N–H and O–H groups in total. The molecule has 82 valence electrons. The minimum Gasteiger partial charge on any atom is -0.392 e. The summed E-state index contributed by atoms with van der Waals surface area (Å²) in [6, 6.07) is -0.150. The van der Waals surface area contributed by atoms with E-state index < -0.39 is 0 Å². The van der Waals surface area contributed by atoms with E-state index in [1.54, 1.807) is 14.0 Å². The van der Waals surface area contributed by atoms with Crippen LogP contribution in [0.5, 0.6) is 0 Å². The molecule has 0 radical (unpaired) electrons. The monoisotopic (exact) mass is 201 g/mol. The molecule has 2 atom stereocenters. The number of hydrogen-bond acceptors (Lipinski definition) is 4. The Labute approximate surface area is 84.5 Å². The smallest absolute Gasteiger partial charge is 0.238 e. The molecule has 1 aliphatic heterocycles. The zero-order valence-electron chi connectivity index (χ0n) is 8.79. The molecule has 1 unspecified atom stereocenters. The van der Waals surface area contributed by atoms with Gasteiger partial charge in [-0.15, -0.1) is 0 Å². The number of piperazine rings is 1. The van der Waals surface area contributed by atoms with E-state index in [2.05, 4.69) is 10.6 Å². The third-order valence-corrected chi connectivity index (χ3v) is 2.40. The maximum atomic E-state index is 11.5. The van der Waals surface area contributed by atoms with Crippen molar-refractivity contribution in [1.29, 1.82) is 0 Å². The van der Waals surface area contributed by atoms with Crippen LogP contribution in [0.25, 0.3) is 0 Å². The fourth-order valence-electron chi connectivity index (χ4n) is 1.73. The first-order valence-corrected chi connectivity index (χ1v) is 4.99. The van der Waals surface area contributed by atoms with Crippen molar-refractivity contribution in [3.05, 3.63) is 0 Å². The Morgan fingerprint density at radius 2 is 2.50 bits per heavy atom. The molecule has 0 spiro atoms. The van der Waals surface area contributed by atoms with E-state index in [1.165, 1.54) is 0 Å². The highest BCUT2D eigenvalue weighted by Crippen LogP contribution is 2.04. The fourth-order valence-corrected chi connectivity index (χ4v) is 1.73. The number of likely N-dealkylation sites (N-methyl/N-ethyl adjacent to an activating group) is 1. The van der Waals surface area contributed by atoms with E-state index in [1.807, 2.05) is 4.90 Å². The van der Waals surface area contributed by atoms with Gasteiger partial charge in [-0.1, -0.05) is 0 Å². The zero-order valence-corrected chi connectivity index (χ0v) is 8.79. The number of amides is 1. The molecule has 5 heteroatoms. The molecule has 5 nitrogen and oxygen atoms in total. The van der Waals surface area contributed by atoms with Crippen molar-refractivity contribution >= 4 is 5.91 Å². The van der Waals surface area contributed by atoms with Crippen LogP contribution < -0.4 is 10.6 Å². The minimum atomic E-state index is -0.389. The summed E-state index contributed by atoms with van der Waals surface area (Å²) in [5.41, 5.74) is 0. The number of carbonyl (C=O) groups excluding carboxylic acids is 1. The van der Waals surface area contributed by atoms with Crippen LogP contribution in [0.4, 0.5) is 0 Å². The van der Waals surface area contributed by atoms with Gasteiger partial charge >= 0.3 is 0 Å². The molecule has 1 amide bonds. The van der Waals surface area contributed by atoms with Crippen LogP contribution in [0.3, 0.4) is 0 Å². The van der Waals surface area contributed by atoms with Crippen LogP contribution in [0.2, 0.25) is 0 Å². The van der Waals surface area contributed by atoms with Crippen molar-refractivity contribution in [2.24, 2.45) is 0 Å². The number of nitrogens with zero attached hydrogens (tertiary/aromatic N) is 1. The Morgan fingerprint density at radius 3 is 3.07 bits per heavy atom. The van der Waals surface area contributed by atoms with Crippen molar-refractivity contribution < 1.29 is 9.90 Å². The van der Waals surface area contributed by atoms with Crippen LogP contribution >= 0.6 is 0 Å². The van der Waals surface area contributed by atoms with Gasteiger partial charge in [0.15, 0.2) is 0 Å². The number of aliphatic hydroxyl groups excluding tert-OH is 1. The van der Waals surface area contributed by atoms with Crippen LogP contribution in [-0.4, -0.2) is 61.3 Å². The van der Waals surface area contributed by atoms with Crippen molar-refractivity contribution in [3.63, 3.8) is 0 Å². The molecule has 14 heavy (non-hydrogen) atoms. The number of β-amino-alcohol motifs (C(OH)–C–C–N with tert-alkyl or cyclic N) is 1. The van der Waals surface area contributed by atoms with Gasteiger partial charge in [-0.3, -0.25) is 9.69 Å². The highest BCUT2D eigenvalue weighted by molar-refractivity contribution is 5.81. The average Bonchev–Trinajstić information content (AvgIpc) is 2.16. The van der Waals surface area contributed by atoms with Gasteiger partial charge in [0.25, 0.3) is 0 Å². The summed E-state index contributed by atoms with van der Waals surface area (Å²) in [7, 11) is 1.64. The number of carbonyl (C=O) groups is 1. The van der Waals surface area contributed by atoms with Crippen LogP contribution in [0.15, 0.2) is 0 Å². The molecular formula is C9H19N3O2. The quantitative estimate of drug-likeness (QED) is 0.514. The second-order valence-corrected chi connectivity index (χ2v) is 3.68. The van der Waals surface area contributed by atoms with Crippen molar-refractivity contribution in [1.82, 2.24) is 15.5 Å². The van der Waals surface area contributed by atoms with E-state index in [4.69, 9.17) is 0 Å². The summed E-state index contributed by atoms with van der Waals surface area (Å²) >= 11 is 0. The predicted octanol–water partition coefficient (Wildman–Crippen LogP) is -1.61. The van der Waals surface area contributed by atoms with Crippen LogP contribution in [-0.2, 0) is 4.79 Å². The summed E-state index contributed by atoms with van der Waals surface area (Å²) in [5.74, 6) is 0.0119. The Bertz CT molecular complexity index is 196.